The van der Waals surface area contributed by atoms with Crippen molar-refractivity contribution in [2.45, 2.75) is 19.4 Å². The number of benzene rings is 1. The lowest BCUT2D eigenvalue weighted by Gasteiger charge is -2.19. The summed E-state index contributed by atoms with van der Waals surface area (Å²) in [5, 5.41) is 0. The zero-order valence-electron chi connectivity index (χ0n) is 9.40. The molecule has 2 rings (SSSR count). The third kappa shape index (κ3) is 1.92. The number of hydrogen-bond donors (Lipinski definition) is 2. The van der Waals surface area contributed by atoms with Crippen molar-refractivity contribution in [1.29, 1.82) is 0 Å². The first-order chi connectivity index (χ1) is 7.48. The van der Waals surface area contributed by atoms with Gasteiger partial charge in [0.2, 0.25) is 0 Å². The molecule has 0 saturated heterocycles. The van der Waals surface area contributed by atoms with E-state index in [0.29, 0.717) is 0 Å². The molecule has 1 aromatic carbocycles. The maximum absolute atomic E-state index is 11.5. The summed E-state index contributed by atoms with van der Waals surface area (Å²) in [6.07, 6.45) is 3.31. The van der Waals surface area contributed by atoms with Gasteiger partial charge in [0.05, 0.1) is 5.69 Å². The Hall–Kier alpha value is -1.81. The van der Waals surface area contributed by atoms with Gasteiger partial charge >= 0.3 is 5.69 Å². The van der Waals surface area contributed by atoms with Crippen molar-refractivity contribution < 1.29 is 0 Å². The highest BCUT2D eigenvalue weighted by atomic mass is 16.1. The topological polar surface area (TPSA) is 63.8 Å². The molecule has 16 heavy (non-hydrogen) atoms. The summed E-state index contributed by atoms with van der Waals surface area (Å²) < 4.78 is 1.55. The largest absolute Gasteiger partial charge is 0.330 e. The van der Waals surface area contributed by atoms with Crippen LogP contribution in [0.25, 0.3) is 5.69 Å². The molecule has 84 valence electrons. The van der Waals surface area contributed by atoms with Crippen molar-refractivity contribution in [1.82, 2.24) is 9.55 Å². The molecule has 0 bridgehead atoms. The Morgan fingerprint density at radius 2 is 2.12 bits per heavy atom. The third-order valence-corrected chi connectivity index (χ3v) is 2.52. The fourth-order valence-electron chi connectivity index (χ4n) is 1.58. The van der Waals surface area contributed by atoms with E-state index < -0.39 is 5.54 Å². The van der Waals surface area contributed by atoms with Gasteiger partial charge in [-0.3, -0.25) is 4.57 Å². The second kappa shape index (κ2) is 3.64. The average molecular weight is 217 g/mol. The fraction of sp³-hybridized carbons (Fsp3) is 0.250. The maximum atomic E-state index is 11.5. The van der Waals surface area contributed by atoms with E-state index >= 15 is 0 Å². The molecule has 1 aromatic heterocycles. The summed E-state index contributed by atoms with van der Waals surface area (Å²) in [6, 6.07) is 7.67. The summed E-state index contributed by atoms with van der Waals surface area (Å²) in [7, 11) is 0. The van der Waals surface area contributed by atoms with Gasteiger partial charge in [-0.2, -0.15) is 0 Å². The van der Waals surface area contributed by atoms with Crippen LogP contribution in [0.4, 0.5) is 0 Å². The number of rotatable bonds is 2. The van der Waals surface area contributed by atoms with Crippen LogP contribution in [0.3, 0.4) is 0 Å². The van der Waals surface area contributed by atoms with E-state index in [-0.39, 0.29) is 5.69 Å². The van der Waals surface area contributed by atoms with Crippen LogP contribution in [-0.2, 0) is 5.54 Å². The monoisotopic (exact) mass is 217 g/mol. The van der Waals surface area contributed by atoms with Crippen LogP contribution < -0.4 is 11.4 Å². The lowest BCUT2D eigenvalue weighted by Crippen LogP contribution is -2.28. The summed E-state index contributed by atoms with van der Waals surface area (Å²) >= 11 is 0. The number of H-pyrrole nitrogens is 1. The first-order valence-electron chi connectivity index (χ1n) is 5.14. The van der Waals surface area contributed by atoms with Crippen LogP contribution in [0, 0.1) is 0 Å². The average Bonchev–Trinajstić information content (AvgIpc) is 2.63. The minimum Gasteiger partial charge on any atom is -0.322 e. The Kier molecular flexibility index (Phi) is 2.44. The number of aromatic nitrogens is 2. The van der Waals surface area contributed by atoms with Gasteiger partial charge < -0.3 is 10.7 Å². The summed E-state index contributed by atoms with van der Waals surface area (Å²) in [6.45, 7) is 3.87. The van der Waals surface area contributed by atoms with Gasteiger partial charge in [0.1, 0.15) is 0 Å². The van der Waals surface area contributed by atoms with Gasteiger partial charge in [0, 0.05) is 17.9 Å². The number of nitrogens with one attached hydrogen (secondary N) is 1. The molecule has 4 nitrogen and oxygen atoms in total. The van der Waals surface area contributed by atoms with Crippen molar-refractivity contribution in [3.05, 3.63) is 52.7 Å². The Morgan fingerprint density at radius 3 is 2.69 bits per heavy atom. The van der Waals surface area contributed by atoms with Crippen LogP contribution in [-0.4, -0.2) is 9.55 Å². The predicted molar refractivity (Wildman–Crippen MR) is 63.6 cm³/mol. The van der Waals surface area contributed by atoms with E-state index in [1.807, 2.05) is 38.1 Å². The molecule has 0 amide bonds. The molecule has 0 atom stereocenters. The van der Waals surface area contributed by atoms with Gasteiger partial charge in [-0.25, -0.2) is 4.79 Å². The highest BCUT2D eigenvalue weighted by molar-refractivity contribution is 5.38. The van der Waals surface area contributed by atoms with Gasteiger partial charge in [-0.15, -0.1) is 0 Å². The van der Waals surface area contributed by atoms with Crippen molar-refractivity contribution >= 4 is 0 Å². The number of imidazole rings is 1. The van der Waals surface area contributed by atoms with Crippen LogP contribution in [0.1, 0.15) is 19.4 Å². The number of nitrogens with two attached hydrogens (primary N) is 1. The van der Waals surface area contributed by atoms with Crippen LogP contribution in [0.5, 0.6) is 0 Å². The molecule has 0 unspecified atom stereocenters. The molecule has 0 aliphatic rings. The van der Waals surface area contributed by atoms with Crippen molar-refractivity contribution in [3.8, 4) is 5.69 Å². The summed E-state index contributed by atoms with van der Waals surface area (Å²) in [5.41, 5.74) is 7.29. The zero-order valence-corrected chi connectivity index (χ0v) is 9.40. The number of aromatic amines is 1. The Bertz CT molecular complexity index is 546. The molecule has 3 N–H and O–H groups in total. The molecular weight excluding hydrogens is 202 g/mol. The molecule has 0 radical (unpaired) electrons. The molecule has 0 aliphatic carbocycles. The van der Waals surface area contributed by atoms with Gasteiger partial charge in [-0.1, -0.05) is 12.1 Å². The van der Waals surface area contributed by atoms with Gasteiger partial charge in [-0.05, 0) is 31.5 Å². The molecule has 0 saturated carbocycles. The lowest BCUT2D eigenvalue weighted by molar-refractivity contribution is 0.554. The lowest BCUT2D eigenvalue weighted by atomic mass is 9.95. The number of hydrogen-bond acceptors (Lipinski definition) is 2. The van der Waals surface area contributed by atoms with Crippen LogP contribution >= 0.6 is 0 Å². The van der Waals surface area contributed by atoms with E-state index in [2.05, 4.69) is 4.98 Å². The molecule has 4 heteroatoms. The zero-order chi connectivity index (χ0) is 11.8. The molecule has 0 fully saturated rings. The van der Waals surface area contributed by atoms with Gasteiger partial charge in [0.25, 0.3) is 0 Å². The van der Waals surface area contributed by atoms with Crippen molar-refractivity contribution in [2.75, 3.05) is 0 Å². The predicted octanol–water partition coefficient (Wildman–Crippen LogP) is 1.36. The Morgan fingerprint density at radius 1 is 1.38 bits per heavy atom. The fourth-order valence-corrected chi connectivity index (χ4v) is 1.58. The first kappa shape index (κ1) is 10.7. The van der Waals surface area contributed by atoms with E-state index in [9.17, 15) is 4.79 Å². The SMILES string of the molecule is CC(C)(N)c1cccc(-n2cc[nH]c2=O)c1. The van der Waals surface area contributed by atoms with Crippen molar-refractivity contribution in [3.63, 3.8) is 0 Å². The third-order valence-electron chi connectivity index (χ3n) is 2.52. The minimum atomic E-state index is -0.407. The molecule has 0 spiro atoms. The molecule has 1 heterocycles. The van der Waals surface area contributed by atoms with E-state index in [0.717, 1.165) is 11.3 Å². The summed E-state index contributed by atoms with van der Waals surface area (Å²) in [4.78, 5) is 14.1. The van der Waals surface area contributed by atoms with Gasteiger partial charge in [0.15, 0.2) is 0 Å². The minimum absolute atomic E-state index is 0.146. The van der Waals surface area contributed by atoms with E-state index in [1.165, 1.54) is 0 Å². The highest BCUT2D eigenvalue weighted by Gasteiger charge is 2.14. The first-order valence-corrected chi connectivity index (χ1v) is 5.14. The Labute approximate surface area is 93.7 Å². The smallest absolute Gasteiger partial charge is 0.322 e. The van der Waals surface area contributed by atoms with Crippen LogP contribution in [0.15, 0.2) is 41.5 Å². The van der Waals surface area contributed by atoms with E-state index in [4.69, 9.17) is 5.73 Å². The highest BCUT2D eigenvalue weighted by Crippen LogP contribution is 2.19. The quantitative estimate of drug-likeness (QED) is 0.797. The second-order valence-corrected chi connectivity index (χ2v) is 4.41. The van der Waals surface area contributed by atoms with Crippen molar-refractivity contribution in [2.24, 2.45) is 5.73 Å². The molecule has 0 aliphatic heterocycles. The molecular formula is C12H15N3O. The summed E-state index contributed by atoms with van der Waals surface area (Å²) in [5.74, 6) is 0. The second-order valence-electron chi connectivity index (χ2n) is 4.41. The maximum Gasteiger partial charge on any atom is 0.330 e. The Balaban J connectivity index is 2.53. The van der Waals surface area contributed by atoms with Crippen LogP contribution in [0.2, 0.25) is 0 Å². The number of nitrogens with zero attached hydrogens (tertiary/aromatic N) is 1. The standard InChI is InChI=1S/C12H15N3O/c1-12(2,13)9-4-3-5-10(8-9)15-7-6-14-11(15)16/h3-8H,13H2,1-2H3,(H,14,16). The normalized spacial score (nSPS) is 11.7. The van der Waals surface area contributed by atoms with E-state index in [1.54, 1.807) is 17.0 Å². The molecule has 2 aromatic rings.